The van der Waals surface area contributed by atoms with Crippen LogP contribution in [0, 0.1) is 18.6 Å². The maximum absolute atomic E-state index is 15.0. The maximum Gasteiger partial charge on any atom is 0.407 e. The van der Waals surface area contributed by atoms with E-state index in [0.717, 1.165) is 24.8 Å². The molecule has 1 aliphatic heterocycles. The van der Waals surface area contributed by atoms with Gasteiger partial charge in [-0.1, -0.05) is 0 Å². The third-order valence-corrected chi connectivity index (χ3v) is 5.41. The number of fused-ring (bicyclic) bond motifs is 1. The topological polar surface area (TPSA) is 93.4 Å². The molecule has 2 aromatic heterocycles. The van der Waals surface area contributed by atoms with Crippen LogP contribution in [-0.4, -0.2) is 64.4 Å². The molecule has 1 saturated heterocycles. The lowest BCUT2D eigenvalue weighted by atomic mass is 10.0. The van der Waals surface area contributed by atoms with Crippen LogP contribution >= 0.6 is 0 Å². The number of aromatic nitrogens is 2. The van der Waals surface area contributed by atoms with E-state index in [2.05, 4.69) is 9.72 Å². The molecule has 0 unspecified atom stereocenters. The number of nitrogens with zero attached hydrogens (tertiary/aromatic N) is 3. The van der Waals surface area contributed by atoms with E-state index < -0.39 is 29.8 Å². The predicted molar refractivity (Wildman–Crippen MR) is 110 cm³/mol. The fourth-order valence-corrected chi connectivity index (χ4v) is 3.86. The second-order valence-corrected chi connectivity index (χ2v) is 7.57. The fraction of sp³-hybridized carbons (Fsp3) is 0.318. The Morgan fingerprint density at radius 1 is 1.28 bits per heavy atom. The van der Waals surface area contributed by atoms with Crippen molar-refractivity contribution in [3.63, 3.8) is 0 Å². The Kier molecular flexibility index (Phi) is 5.79. The standard InChI is InChI=1S/C22H21F2N3O5/c1-12-3-4-27-17(10-14-11-26(22(29)30)5-6-32-14)20(25-18(27)7-12)19-15(23)8-13(9-16(19)24)21(28)31-2/h3-4,7-9,14H,5-6,10-11H2,1-2H3,(H,29,30)/t14-/m0/s1. The predicted octanol–water partition coefficient (Wildman–Crippen LogP) is 3.30. The van der Waals surface area contributed by atoms with Crippen LogP contribution < -0.4 is 0 Å². The summed E-state index contributed by atoms with van der Waals surface area (Å²) in [7, 11) is 1.12. The minimum Gasteiger partial charge on any atom is -0.465 e. The zero-order valence-electron chi connectivity index (χ0n) is 17.5. The van der Waals surface area contributed by atoms with Crippen LogP contribution in [0.2, 0.25) is 0 Å². The molecule has 168 valence electrons. The average Bonchev–Trinajstić information content (AvgIpc) is 3.09. The van der Waals surface area contributed by atoms with Gasteiger partial charge < -0.3 is 23.9 Å². The minimum atomic E-state index is -1.05. The summed E-state index contributed by atoms with van der Waals surface area (Å²) in [5.74, 6) is -2.77. The first kappa shape index (κ1) is 21.7. The number of hydrogen-bond acceptors (Lipinski definition) is 5. The second-order valence-electron chi connectivity index (χ2n) is 7.57. The number of morpholine rings is 1. The minimum absolute atomic E-state index is 0.0677. The molecule has 10 heteroatoms. The third kappa shape index (κ3) is 4.01. The number of rotatable bonds is 4. The molecular formula is C22H21F2N3O5. The van der Waals surface area contributed by atoms with Gasteiger partial charge in [-0.05, 0) is 36.8 Å². The van der Waals surface area contributed by atoms with E-state index in [4.69, 9.17) is 4.74 Å². The largest absolute Gasteiger partial charge is 0.465 e. The summed E-state index contributed by atoms with van der Waals surface area (Å²) in [5.41, 5.74) is 1.31. The van der Waals surface area contributed by atoms with Gasteiger partial charge in [0.2, 0.25) is 0 Å². The zero-order chi connectivity index (χ0) is 23.0. The van der Waals surface area contributed by atoms with E-state index in [0.29, 0.717) is 11.3 Å². The Labute approximate surface area is 182 Å². The monoisotopic (exact) mass is 445 g/mol. The summed E-state index contributed by atoms with van der Waals surface area (Å²) in [4.78, 5) is 28.8. The molecule has 0 radical (unpaired) electrons. The van der Waals surface area contributed by atoms with Crippen molar-refractivity contribution in [3.8, 4) is 11.3 Å². The van der Waals surface area contributed by atoms with Crippen molar-refractivity contribution in [2.75, 3.05) is 26.8 Å². The Morgan fingerprint density at radius 2 is 2.00 bits per heavy atom. The van der Waals surface area contributed by atoms with Crippen molar-refractivity contribution in [3.05, 3.63) is 58.9 Å². The molecule has 0 saturated carbocycles. The van der Waals surface area contributed by atoms with Crippen molar-refractivity contribution in [1.29, 1.82) is 0 Å². The average molecular weight is 445 g/mol. The van der Waals surface area contributed by atoms with Gasteiger partial charge in [-0.25, -0.2) is 23.4 Å². The van der Waals surface area contributed by atoms with E-state index >= 15 is 8.78 Å². The van der Waals surface area contributed by atoms with Gasteiger partial charge in [-0.15, -0.1) is 0 Å². The number of ether oxygens (including phenoxy) is 2. The number of halogens is 2. The van der Waals surface area contributed by atoms with Crippen molar-refractivity contribution in [1.82, 2.24) is 14.3 Å². The van der Waals surface area contributed by atoms with Gasteiger partial charge in [0.1, 0.15) is 17.3 Å². The summed E-state index contributed by atoms with van der Waals surface area (Å²) in [6.45, 7) is 2.47. The van der Waals surface area contributed by atoms with Gasteiger partial charge in [0.05, 0.1) is 48.9 Å². The number of carboxylic acid groups (broad SMARTS) is 1. The number of imidazole rings is 1. The Balaban J connectivity index is 1.82. The molecule has 0 aliphatic carbocycles. The molecule has 3 aromatic rings. The van der Waals surface area contributed by atoms with Crippen LogP contribution in [0.15, 0.2) is 30.5 Å². The summed E-state index contributed by atoms with van der Waals surface area (Å²) < 4.78 is 42.0. The van der Waals surface area contributed by atoms with Crippen molar-refractivity contribution >= 4 is 17.7 Å². The van der Waals surface area contributed by atoms with E-state index in [1.807, 2.05) is 13.0 Å². The molecule has 1 aliphatic rings. The van der Waals surface area contributed by atoms with Gasteiger partial charge in [0.15, 0.2) is 0 Å². The highest BCUT2D eigenvalue weighted by atomic mass is 19.1. The molecule has 1 amide bonds. The highest BCUT2D eigenvalue weighted by Crippen LogP contribution is 2.32. The van der Waals surface area contributed by atoms with Crippen LogP contribution in [0.5, 0.6) is 0 Å². The van der Waals surface area contributed by atoms with Crippen LogP contribution in [0.1, 0.15) is 21.6 Å². The Hall–Kier alpha value is -3.53. The van der Waals surface area contributed by atoms with E-state index in [1.54, 1.807) is 16.7 Å². The van der Waals surface area contributed by atoms with E-state index in [1.165, 1.54) is 4.90 Å². The molecule has 0 spiro atoms. The molecule has 8 nitrogen and oxygen atoms in total. The molecule has 3 heterocycles. The number of pyridine rings is 1. The van der Waals surface area contributed by atoms with Crippen LogP contribution in [-0.2, 0) is 15.9 Å². The molecule has 4 rings (SSSR count). The first-order chi connectivity index (χ1) is 15.3. The number of aryl methyl sites for hydroxylation is 1. The second kappa shape index (κ2) is 8.54. The lowest BCUT2D eigenvalue weighted by Crippen LogP contribution is -2.45. The third-order valence-electron chi connectivity index (χ3n) is 5.41. The van der Waals surface area contributed by atoms with Crippen molar-refractivity contribution in [2.24, 2.45) is 0 Å². The zero-order valence-corrected chi connectivity index (χ0v) is 17.5. The Bertz CT molecular complexity index is 1190. The van der Waals surface area contributed by atoms with E-state index in [-0.39, 0.29) is 42.9 Å². The Morgan fingerprint density at radius 3 is 2.66 bits per heavy atom. The number of carbonyl (C=O) groups is 2. The number of benzene rings is 1. The van der Waals surface area contributed by atoms with Crippen molar-refractivity contribution < 1.29 is 33.0 Å². The number of hydrogen-bond donors (Lipinski definition) is 1. The highest BCUT2D eigenvalue weighted by molar-refractivity contribution is 5.90. The van der Waals surface area contributed by atoms with E-state index in [9.17, 15) is 14.7 Å². The lowest BCUT2D eigenvalue weighted by Gasteiger charge is -2.31. The molecule has 1 atom stereocenters. The lowest BCUT2D eigenvalue weighted by molar-refractivity contribution is -0.0214. The van der Waals surface area contributed by atoms with Crippen molar-refractivity contribution in [2.45, 2.75) is 19.4 Å². The molecule has 1 aromatic carbocycles. The van der Waals surface area contributed by atoms with Gasteiger partial charge in [0, 0.05) is 19.2 Å². The van der Waals surface area contributed by atoms with Gasteiger partial charge in [0.25, 0.3) is 0 Å². The summed E-state index contributed by atoms with van der Waals surface area (Å²) in [6, 6.07) is 5.43. The molecule has 1 N–H and O–H groups in total. The molecule has 0 bridgehead atoms. The van der Waals surface area contributed by atoms with Crippen LogP contribution in [0.4, 0.5) is 13.6 Å². The number of methoxy groups -OCH3 is 1. The maximum atomic E-state index is 15.0. The van der Waals surface area contributed by atoms with Crippen LogP contribution in [0.3, 0.4) is 0 Å². The number of esters is 1. The quantitative estimate of drug-likeness (QED) is 0.620. The summed E-state index contributed by atoms with van der Waals surface area (Å²) in [6.07, 6.45) is 0.358. The number of amides is 1. The molecule has 32 heavy (non-hydrogen) atoms. The summed E-state index contributed by atoms with van der Waals surface area (Å²) in [5, 5.41) is 9.30. The SMILES string of the molecule is COC(=O)c1cc(F)c(-c2nc3cc(C)ccn3c2C[C@H]2CN(C(=O)O)CCO2)c(F)c1. The van der Waals surface area contributed by atoms with Crippen LogP contribution in [0.25, 0.3) is 16.9 Å². The first-order valence-corrected chi connectivity index (χ1v) is 9.93. The van der Waals surface area contributed by atoms with Gasteiger partial charge in [-0.2, -0.15) is 0 Å². The summed E-state index contributed by atoms with van der Waals surface area (Å²) >= 11 is 0. The van der Waals surface area contributed by atoms with Gasteiger partial charge in [-0.3, -0.25) is 0 Å². The number of carbonyl (C=O) groups excluding carboxylic acids is 1. The normalized spacial score (nSPS) is 16.4. The molecule has 1 fully saturated rings. The fourth-order valence-electron chi connectivity index (χ4n) is 3.86. The molecular weight excluding hydrogens is 424 g/mol. The smallest absolute Gasteiger partial charge is 0.407 e. The van der Waals surface area contributed by atoms with Gasteiger partial charge >= 0.3 is 12.1 Å². The first-order valence-electron chi connectivity index (χ1n) is 9.93. The highest BCUT2D eigenvalue weighted by Gasteiger charge is 2.29.